The number of halogens is 1. The summed E-state index contributed by atoms with van der Waals surface area (Å²) in [5.41, 5.74) is 3.79. The highest BCUT2D eigenvalue weighted by Crippen LogP contribution is 2.23. The summed E-state index contributed by atoms with van der Waals surface area (Å²) in [7, 11) is 0. The van der Waals surface area contributed by atoms with Gasteiger partial charge < -0.3 is 15.4 Å². The van der Waals surface area contributed by atoms with Gasteiger partial charge in [0.05, 0.1) is 0 Å². The summed E-state index contributed by atoms with van der Waals surface area (Å²) in [6.07, 6.45) is 1.74. The lowest BCUT2D eigenvalue weighted by Crippen LogP contribution is -2.34. The Labute approximate surface area is 176 Å². The van der Waals surface area contributed by atoms with Gasteiger partial charge >= 0.3 is 0 Å². The first-order valence-electron chi connectivity index (χ1n) is 10.3. The molecule has 0 saturated carbocycles. The van der Waals surface area contributed by atoms with Crippen LogP contribution in [0, 0.1) is 11.7 Å². The molecule has 3 aromatic rings. The second-order valence-electron chi connectivity index (χ2n) is 7.53. The summed E-state index contributed by atoms with van der Waals surface area (Å²) in [6, 6.07) is 22.0. The quantitative estimate of drug-likeness (QED) is 0.607. The maximum absolute atomic E-state index is 13.1. The first-order chi connectivity index (χ1) is 14.7. The molecule has 0 bridgehead atoms. The minimum atomic E-state index is -0.238. The van der Waals surface area contributed by atoms with Gasteiger partial charge in [0.2, 0.25) is 5.91 Å². The van der Waals surface area contributed by atoms with E-state index in [-0.39, 0.29) is 17.6 Å². The van der Waals surface area contributed by atoms with Crippen molar-refractivity contribution in [2.24, 2.45) is 5.92 Å². The largest absolute Gasteiger partial charge is 0.489 e. The molecule has 1 fully saturated rings. The van der Waals surface area contributed by atoms with Crippen molar-refractivity contribution < 1.29 is 13.9 Å². The maximum atomic E-state index is 13.1. The van der Waals surface area contributed by atoms with Gasteiger partial charge in [-0.2, -0.15) is 0 Å². The van der Waals surface area contributed by atoms with Crippen molar-refractivity contribution in [1.29, 1.82) is 0 Å². The molecule has 4 nitrogen and oxygen atoms in total. The van der Waals surface area contributed by atoms with E-state index in [1.165, 1.54) is 12.1 Å². The summed E-state index contributed by atoms with van der Waals surface area (Å²) in [6.45, 7) is 2.21. The van der Waals surface area contributed by atoms with Crippen molar-refractivity contribution in [3.05, 3.63) is 84.2 Å². The zero-order valence-electron chi connectivity index (χ0n) is 16.7. The fraction of sp³-hybridized carbons (Fsp3) is 0.240. The van der Waals surface area contributed by atoms with E-state index in [1.807, 2.05) is 48.5 Å². The third-order valence-electron chi connectivity index (χ3n) is 5.35. The SMILES string of the molecule is O=C(Nc1cccc(OCc2ccc(-c3ccc(F)cc3)cc2)c1)C1CCNCC1. The number of anilines is 1. The predicted octanol–water partition coefficient (Wildman–Crippen LogP) is 5.01. The van der Waals surface area contributed by atoms with Gasteiger partial charge in [-0.15, -0.1) is 0 Å². The molecular formula is C25H25FN2O2. The van der Waals surface area contributed by atoms with Crippen LogP contribution in [0.25, 0.3) is 11.1 Å². The van der Waals surface area contributed by atoms with Crippen LogP contribution in [0.2, 0.25) is 0 Å². The molecule has 1 aliphatic heterocycles. The van der Waals surface area contributed by atoms with Crippen molar-refractivity contribution in [1.82, 2.24) is 5.32 Å². The minimum Gasteiger partial charge on any atom is -0.489 e. The van der Waals surface area contributed by atoms with E-state index in [0.29, 0.717) is 12.4 Å². The zero-order valence-corrected chi connectivity index (χ0v) is 16.7. The van der Waals surface area contributed by atoms with Crippen molar-refractivity contribution in [3.8, 4) is 16.9 Å². The van der Waals surface area contributed by atoms with Gasteiger partial charge in [0, 0.05) is 17.7 Å². The Morgan fingerprint density at radius 2 is 1.63 bits per heavy atom. The average molecular weight is 404 g/mol. The van der Waals surface area contributed by atoms with Crippen molar-refractivity contribution in [3.63, 3.8) is 0 Å². The second-order valence-corrected chi connectivity index (χ2v) is 7.53. The molecule has 4 rings (SSSR count). The molecule has 0 unspecified atom stereocenters. The first kappa shape index (κ1) is 20.1. The fourth-order valence-electron chi connectivity index (χ4n) is 3.59. The lowest BCUT2D eigenvalue weighted by atomic mass is 9.97. The summed E-state index contributed by atoms with van der Waals surface area (Å²) >= 11 is 0. The van der Waals surface area contributed by atoms with Gasteiger partial charge in [0.15, 0.2) is 0 Å². The topological polar surface area (TPSA) is 50.4 Å². The molecule has 0 radical (unpaired) electrons. The molecule has 1 amide bonds. The van der Waals surface area contributed by atoms with Crippen LogP contribution in [0.3, 0.4) is 0 Å². The Kier molecular flexibility index (Phi) is 6.40. The van der Waals surface area contributed by atoms with Crippen LogP contribution in [-0.4, -0.2) is 19.0 Å². The van der Waals surface area contributed by atoms with Crippen LogP contribution in [0.5, 0.6) is 5.75 Å². The number of nitrogens with one attached hydrogen (secondary N) is 2. The van der Waals surface area contributed by atoms with Gasteiger partial charge in [-0.25, -0.2) is 4.39 Å². The van der Waals surface area contributed by atoms with Crippen LogP contribution >= 0.6 is 0 Å². The Bertz CT molecular complexity index is 981. The molecule has 1 heterocycles. The standard InChI is InChI=1S/C25H25FN2O2/c26-22-10-8-20(9-11-22)19-6-4-18(5-7-19)17-30-24-3-1-2-23(16-24)28-25(29)21-12-14-27-15-13-21/h1-11,16,21,27H,12-15,17H2,(H,28,29). The minimum absolute atomic E-state index is 0.0652. The maximum Gasteiger partial charge on any atom is 0.227 e. The number of carbonyl (C=O) groups is 1. The highest BCUT2D eigenvalue weighted by atomic mass is 19.1. The molecule has 30 heavy (non-hydrogen) atoms. The number of amides is 1. The van der Waals surface area contributed by atoms with Crippen LogP contribution < -0.4 is 15.4 Å². The molecule has 5 heteroatoms. The fourth-order valence-corrected chi connectivity index (χ4v) is 3.59. The molecule has 0 aromatic heterocycles. The van der Waals surface area contributed by atoms with Crippen LogP contribution in [0.1, 0.15) is 18.4 Å². The predicted molar refractivity (Wildman–Crippen MR) is 117 cm³/mol. The summed E-state index contributed by atoms with van der Waals surface area (Å²) in [5.74, 6) is 0.610. The third kappa shape index (κ3) is 5.24. The molecular weight excluding hydrogens is 379 g/mol. The van der Waals surface area contributed by atoms with Crippen molar-refractivity contribution in [2.45, 2.75) is 19.4 Å². The number of hydrogen-bond acceptors (Lipinski definition) is 3. The van der Waals surface area contributed by atoms with Gasteiger partial charge in [-0.1, -0.05) is 42.5 Å². The summed E-state index contributed by atoms with van der Waals surface area (Å²) < 4.78 is 19.0. The lowest BCUT2D eigenvalue weighted by Gasteiger charge is -2.21. The molecule has 1 aliphatic rings. The van der Waals surface area contributed by atoms with E-state index < -0.39 is 0 Å². The van der Waals surface area contributed by atoms with E-state index in [1.54, 1.807) is 12.1 Å². The smallest absolute Gasteiger partial charge is 0.227 e. The molecule has 1 saturated heterocycles. The number of piperidine rings is 1. The van der Waals surface area contributed by atoms with E-state index >= 15 is 0 Å². The lowest BCUT2D eigenvalue weighted by molar-refractivity contribution is -0.120. The number of rotatable bonds is 6. The van der Waals surface area contributed by atoms with Crippen LogP contribution in [0.4, 0.5) is 10.1 Å². The Morgan fingerprint density at radius 3 is 2.33 bits per heavy atom. The Morgan fingerprint density at radius 1 is 0.967 bits per heavy atom. The molecule has 154 valence electrons. The van der Waals surface area contributed by atoms with Crippen molar-refractivity contribution in [2.75, 3.05) is 18.4 Å². The number of hydrogen-bond donors (Lipinski definition) is 2. The van der Waals surface area contributed by atoms with Crippen molar-refractivity contribution >= 4 is 11.6 Å². The average Bonchev–Trinajstić information content (AvgIpc) is 2.79. The zero-order chi connectivity index (χ0) is 20.8. The summed E-state index contributed by atoms with van der Waals surface area (Å²) in [5, 5.41) is 6.28. The summed E-state index contributed by atoms with van der Waals surface area (Å²) in [4.78, 5) is 12.4. The van der Waals surface area contributed by atoms with Crippen LogP contribution in [0.15, 0.2) is 72.8 Å². The first-order valence-corrected chi connectivity index (χ1v) is 10.3. The third-order valence-corrected chi connectivity index (χ3v) is 5.35. The van der Waals surface area contributed by atoms with Crippen LogP contribution in [-0.2, 0) is 11.4 Å². The van der Waals surface area contributed by atoms with Gasteiger partial charge in [0.25, 0.3) is 0 Å². The molecule has 0 spiro atoms. The second kappa shape index (κ2) is 9.55. The number of ether oxygens (including phenoxy) is 1. The molecule has 2 N–H and O–H groups in total. The number of benzene rings is 3. The van der Waals surface area contributed by atoms with E-state index in [9.17, 15) is 9.18 Å². The Balaban J connectivity index is 1.34. The van der Waals surface area contributed by atoms with E-state index in [2.05, 4.69) is 10.6 Å². The highest BCUT2D eigenvalue weighted by molar-refractivity contribution is 5.92. The molecule has 3 aromatic carbocycles. The van der Waals surface area contributed by atoms with Gasteiger partial charge in [-0.05, 0) is 66.9 Å². The van der Waals surface area contributed by atoms with E-state index in [0.717, 1.165) is 48.3 Å². The van der Waals surface area contributed by atoms with Gasteiger partial charge in [0.1, 0.15) is 18.2 Å². The monoisotopic (exact) mass is 404 g/mol. The van der Waals surface area contributed by atoms with Gasteiger partial charge in [-0.3, -0.25) is 4.79 Å². The van der Waals surface area contributed by atoms with E-state index in [4.69, 9.17) is 4.74 Å². The molecule has 0 atom stereocenters. The molecule has 0 aliphatic carbocycles. The Hall–Kier alpha value is -3.18. The normalized spacial score (nSPS) is 14.3. The highest BCUT2D eigenvalue weighted by Gasteiger charge is 2.20. The number of carbonyl (C=O) groups excluding carboxylic acids is 1.